The Hall–Kier alpha value is -2.50. The second-order valence-electron chi connectivity index (χ2n) is 7.17. The lowest BCUT2D eigenvalue weighted by Crippen LogP contribution is -2.44. The van der Waals surface area contributed by atoms with Crippen molar-refractivity contribution >= 4 is 11.8 Å². The summed E-state index contributed by atoms with van der Waals surface area (Å²) >= 11 is 0. The highest BCUT2D eigenvalue weighted by atomic mass is 16.5. The number of ether oxygens (including phenoxy) is 3. The molecule has 28 heavy (non-hydrogen) atoms. The molecule has 3 rings (SSSR count). The molecule has 2 aliphatic rings. The Morgan fingerprint density at radius 1 is 1.18 bits per heavy atom. The van der Waals surface area contributed by atoms with Crippen molar-refractivity contribution in [2.45, 2.75) is 58.5 Å². The molecule has 0 fully saturated rings. The van der Waals surface area contributed by atoms with Crippen molar-refractivity contribution in [3.63, 3.8) is 0 Å². The standard InChI is InChI=1S/C22H29NO5/c1-5-8-28-21-10-14-9-15(6-2)23-13-17(22(25)27-7-3)19(24)12-18(23)16(14)11-20(21)26-4/h10-11,13,15,18H,5-9,12H2,1-4H3. The normalized spacial score (nSPS) is 20.8. The lowest BCUT2D eigenvalue weighted by Gasteiger charge is -2.45. The third kappa shape index (κ3) is 3.73. The Morgan fingerprint density at radius 3 is 2.61 bits per heavy atom. The van der Waals surface area contributed by atoms with Gasteiger partial charge in [0.2, 0.25) is 0 Å². The van der Waals surface area contributed by atoms with Crippen molar-refractivity contribution < 1.29 is 23.8 Å². The van der Waals surface area contributed by atoms with Crippen LogP contribution in [-0.4, -0.2) is 43.0 Å². The van der Waals surface area contributed by atoms with Crippen LogP contribution < -0.4 is 9.47 Å². The summed E-state index contributed by atoms with van der Waals surface area (Å²) in [4.78, 5) is 27.0. The number of carbonyl (C=O) groups excluding carboxylic acids is 2. The monoisotopic (exact) mass is 387 g/mol. The number of Topliss-reactive ketones (excluding diaryl/α,β-unsaturated/α-hetero) is 1. The van der Waals surface area contributed by atoms with Crippen LogP contribution in [0.1, 0.15) is 57.2 Å². The maximum atomic E-state index is 12.7. The number of carbonyl (C=O) groups is 2. The van der Waals surface area contributed by atoms with Gasteiger partial charge in [-0.25, -0.2) is 4.79 Å². The van der Waals surface area contributed by atoms with E-state index in [4.69, 9.17) is 14.2 Å². The van der Waals surface area contributed by atoms with Crippen LogP contribution in [-0.2, 0) is 20.7 Å². The molecule has 0 aliphatic carbocycles. The molecule has 2 aliphatic heterocycles. The predicted octanol–water partition coefficient (Wildman–Crippen LogP) is 3.58. The topological polar surface area (TPSA) is 65.1 Å². The molecule has 0 radical (unpaired) electrons. The van der Waals surface area contributed by atoms with Crippen LogP contribution >= 0.6 is 0 Å². The summed E-state index contributed by atoms with van der Waals surface area (Å²) in [6, 6.07) is 4.15. The Morgan fingerprint density at radius 2 is 1.96 bits per heavy atom. The largest absolute Gasteiger partial charge is 0.493 e. The van der Waals surface area contributed by atoms with Crippen LogP contribution in [0.5, 0.6) is 11.5 Å². The van der Waals surface area contributed by atoms with Gasteiger partial charge in [-0.05, 0) is 49.4 Å². The zero-order chi connectivity index (χ0) is 20.3. The minimum atomic E-state index is -0.535. The Bertz CT molecular complexity index is 785. The first-order valence-electron chi connectivity index (χ1n) is 10.1. The second kappa shape index (κ2) is 8.67. The second-order valence-corrected chi connectivity index (χ2v) is 7.17. The fraction of sp³-hybridized carbons (Fsp3) is 0.545. The van der Waals surface area contributed by atoms with E-state index in [-0.39, 0.29) is 36.5 Å². The summed E-state index contributed by atoms with van der Waals surface area (Å²) in [5.74, 6) is 0.714. The third-order valence-corrected chi connectivity index (χ3v) is 5.41. The molecule has 0 aromatic heterocycles. The molecule has 152 valence electrons. The summed E-state index contributed by atoms with van der Waals surface area (Å²) in [7, 11) is 1.63. The maximum Gasteiger partial charge on any atom is 0.343 e. The number of hydrogen-bond acceptors (Lipinski definition) is 6. The van der Waals surface area contributed by atoms with Gasteiger partial charge < -0.3 is 19.1 Å². The molecule has 2 heterocycles. The number of benzene rings is 1. The molecule has 2 atom stereocenters. The fourth-order valence-corrected chi connectivity index (χ4v) is 4.01. The molecule has 2 unspecified atom stereocenters. The van der Waals surface area contributed by atoms with Crippen LogP contribution in [0, 0.1) is 0 Å². The van der Waals surface area contributed by atoms with Gasteiger partial charge in [0.15, 0.2) is 17.3 Å². The summed E-state index contributed by atoms with van der Waals surface area (Å²) in [6.45, 7) is 6.82. The van der Waals surface area contributed by atoms with Crippen LogP contribution in [0.2, 0.25) is 0 Å². The predicted molar refractivity (Wildman–Crippen MR) is 105 cm³/mol. The van der Waals surface area contributed by atoms with Crippen molar-refractivity contribution in [2.75, 3.05) is 20.3 Å². The van der Waals surface area contributed by atoms with E-state index in [1.165, 1.54) is 5.56 Å². The highest BCUT2D eigenvalue weighted by Crippen LogP contribution is 2.44. The van der Waals surface area contributed by atoms with Gasteiger partial charge >= 0.3 is 5.97 Å². The fourth-order valence-electron chi connectivity index (χ4n) is 4.01. The quantitative estimate of drug-likeness (QED) is 0.526. The summed E-state index contributed by atoms with van der Waals surface area (Å²) < 4.78 is 16.5. The average Bonchev–Trinajstić information content (AvgIpc) is 2.70. The van der Waals surface area contributed by atoms with E-state index in [0.717, 1.165) is 30.6 Å². The number of ketones is 1. The minimum Gasteiger partial charge on any atom is -0.493 e. The highest BCUT2D eigenvalue weighted by molar-refractivity contribution is 6.17. The first kappa shape index (κ1) is 20.2. The van der Waals surface area contributed by atoms with E-state index >= 15 is 0 Å². The molecule has 0 amide bonds. The minimum absolute atomic E-state index is 0.103. The van der Waals surface area contributed by atoms with Crippen LogP contribution in [0.3, 0.4) is 0 Å². The zero-order valence-electron chi connectivity index (χ0n) is 17.1. The first-order chi connectivity index (χ1) is 13.5. The van der Waals surface area contributed by atoms with Gasteiger partial charge in [-0.2, -0.15) is 0 Å². The summed E-state index contributed by atoms with van der Waals surface area (Å²) in [5.41, 5.74) is 2.40. The van der Waals surface area contributed by atoms with Crippen molar-refractivity contribution in [1.29, 1.82) is 0 Å². The molecule has 1 aromatic rings. The van der Waals surface area contributed by atoms with E-state index in [0.29, 0.717) is 12.4 Å². The van der Waals surface area contributed by atoms with Gasteiger partial charge in [-0.1, -0.05) is 13.8 Å². The SMILES string of the molecule is CCCOc1cc2c(cc1OC)C1CC(=O)C(C(=O)OCC)=CN1C(CC)C2. The third-order valence-electron chi connectivity index (χ3n) is 5.41. The highest BCUT2D eigenvalue weighted by Gasteiger charge is 2.39. The molecule has 6 heteroatoms. The summed E-state index contributed by atoms with van der Waals surface area (Å²) in [6.07, 6.45) is 4.62. The van der Waals surface area contributed by atoms with Crippen molar-refractivity contribution in [1.82, 2.24) is 4.90 Å². The molecular weight excluding hydrogens is 358 g/mol. The Balaban J connectivity index is 2.01. The molecule has 6 nitrogen and oxygen atoms in total. The Kier molecular flexibility index (Phi) is 6.27. The number of fused-ring (bicyclic) bond motifs is 3. The van der Waals surface area contributed by atoms with Gasteiger partial charge in [-0.3, -0.25) is 4.79 Å². The van der Waals surface area contributed by atoms with Gasteiger partial charge in [-0.15, -0.1) is 0 Å². The molecule has 0 spiro atoms. The van der Waals surface area contributed by atoms with E-state index in [9.17, 15) is 9.59 Å². The molecule has 0 saturated carbocycles. The van der Waals surface area contributed by atoms with E-state index in [1.54, 1.807) is 20.2 Å². The van der Waals surface area contributed by atoms with E-state index < -0.39 is 5.97 Å². The average molecular weight is 387 g/mol. The molecule has 0 N–H and O–H groups in total. The van der Waals surface area contributed by atoms with Crippen LogP contribution in [0.25, 0.3) is 0 Å². The lowest BCUT2D eigenvalue weighted by atomic mass is 9.82. The van der Waals surface area contributed by atoms with Gasteiger partial charge in [0.1, 0.15) is 5.57 Å². The first-order valence-corrected chi connectivity index (χ1v) is 10.1. The summed E-state index contributed by atoms with van der Waals surface area (Å²) in [5, 5.41) is 0. The van der Waals surface area contributed by atoms with Crippen LogP contribution in [0.15, 0.2) is 23.9 Å². The molecule has 0 saturated heterocycles. The molecular formula is C22H29NO5. The van der Waals surface area contributed by atoms with E-state index in [2.05, 4.69) is 24.8 Å². The Labute approximate surface area is 166 Å². The van der Waals surface area contributed by atoms with Gasteiger partial charge in [0.25, 0.3) is 0 Å². The van der Waals surface area contributed by atoms with Gasteiger partial charge in [0.05, 0.1) is 26.4 Å². The smallest absolute Gasteiger partial charge is 0.343 e. The number of methoxy groups -OCH3 is 1. The number of rotatable bonds is 7. The molecule has 1 aromatic carbocycles. The maximum absolute atomic E-state index is 12.7. The number of nitrogens with zero attached hydrogens (tertiary/aromatic N) is 1. The molecule has 0 bridgehead atoms. The number of esters is 1. The van der Waals surface area contributed by atoms with Crippen molar-refractivity contribution in [2.24, 2.45) is 0 Å². The van der Waals surface area contributed by atoms with Crippen molar-refractivity contribution in [3.05, 3.63) is 35.0 Å². The van der Waals surface area contributed by atoms with Crippen LogP contribution in [0.4, 0.5) is 0 Å². The van der Waals surface area contributed by atoms with Gasteiger partial charge in [0, 0.05) is 18.7 Å². The lowest BCUT2D eigenvalue weighted by molar-refractivity contribution is -0.140. The zero-order valence-corrected chi connectivity index (χ0v) is 17.1. The van der Waals surface area contributed by atoms with Crippen molar-refractivity contribution in [3.8, 4) is 11.5 Å². The number of hydrogen-bond donors (Lipinski definition) is 0. The van der Waals surface area contributed by atoms with E-state index in [1.807, 2.05) is 6.07 Å².